The van der Waals surface area contributed by atoms with Crippen molar-refractivity contribution in [3.05, 3.63) is 65.0 Å². The largest absolute Gasteiger partial charge is 0.543 e. The Kier molecular flexibility index (Phi) is 5.61. The Morgan fingerprint density at radius 2 is 1.71 bits per heavy atom. The SMILES string of the molecule is CC(C)(C)[Si](C)(C)Oc1ccc2c(c1)CC[C@@H]1[C@@H]2CC[C@@]2(C)[C@H]1CC[C@@]2(O)c1ccc(F)cc1. The molecule has 184 valence electrons. The molecule has 2 aromatic carbocycles. The van der Waals surface area contributed by atoms with Crippen LogP contribution in [0.5, 0.6) is 5.75 Å². The van der Waals surface area contributed by atoms with Gasteiger partial charge in [-0.2, -0.15) is 0 Å². The first-order valence-electron chi connectivity index (χ1n) is 13.2. The zero-order valence-corrected chi connectivity index (χ0v) is 22.7. The van der Waals surface area contributed by atoms with Crippen molar-refractivity contribution >= 4 is 8.32 Å². The first-order chi connectivity index (χ1) is 15.9. The maximum atomic E-state index is 13.6. The van der Waals surface area contributed by atoms with Crippen molar-refractivity contribution in [3.8, 4) is 5.75 Å². The quantitative estimate of drug-likeness (QED) is 0.452. The van der Waals surface area contributed by atoms with Crippen LogP contribution in [-0.4, -0.2) is 13.4 Å². The number of hydrogen-bond acceptors (Lipinski definition) is 2. The third-order valence-corrected chi connectivity index (χ3v) is 14.7. The second-order valence-electron chi connectivity index (χ2n) is 13.0. The summed E-state index contributed by atoms with van der Waals surface area (Å²) in [5.74, 6) is 2.47. The van der Waals surface area contributed by atoms with E-state index in [1.807, 2.05) is 0 Å². The normalized spacial score (nSPS) is 33.1. The van der Waals surface area contributed by atoms with Gasteiger partial charge in [0, 0.05) is 5.41 Å². The summed E-state index contributed by atoms with van der Waals surface area (Å²) >= 11 is 0. The molecule has 3 aliphatic rings. The van der Waals surface area contributed by atoms with Gasteiger partial charge in [0.2, 0.25) is 8.32 Å². The molecule has 5 rings (SSSR count). The summed E-state index contributed by atoms with van der Waals surface area (Å²) in [6.45, 7) is 13.8. The molecule has 1 N–H and O–H groups in total. The fourth-order valence-corrected chi connectivity index (χ4v) is 8.31. The Hall–Kier alpha value is -1.65. The molecule has 34 heavy (non-hydrogen) atoms. The lowest BCUT2D eigenvalue weighted by molar-refractivity contribution is -0.108. The lowest BCUT2D eigenvalue weighted by atomic mass is 9.52. The summed E-state index contributed by atoms with van der Waals surface area (Å²) in [4.78, 5) is 0. The van der Waals surface area contributed by atoms with Crippen LogP contribution in [0.3, 0.4) is 0 Å². The highest BCUT2D eigenvalue weighted by atomic mass is 28.4. The van der Waals surface area contributed by atoms with E-state index in [1.165, 1.54) is 29.7 Å². The van der Waals surface area contributed by atoms with Crippen molar-refractivity contribution in [2.45, 2.75) is 95.9 Å². The van der Waals surface area contributed by atoms with E-state index in [1.54, 1.807) is 12.1 Å². The predicted octanol–water partition coefficient (Wildman–Crippen LogP) is 7.95. The van der Waals surface area contributed by atoms with Crippen LogP contribution in [0, 0.1) is 23.1 Å². The van der Waals surface area contributed by atoms with Crippen LogP contribution in [0.25, 0.3) is 0 Å². The number of aryl methyl sites for hydroxylation is 1. The molecule has 2 saturated carbocycles. The van der Waals surface area contributed by atoms with Crippen LogP contribution in [0.4, 0.5) is 4.39 Å². The number of benzene rings is 2. The Bertz CT molecular complexity index is 1070. The summed E-state index contributed by atoms with van der Waals surface area (Å²) in [5, 5.41) is 12.2. The van der Waals surface area contributed by atoms with Crippen molar-refractivity contribution in [2.24, 2.45) is 17.3 Å². The lowest BCUT2D eigenvalue weighted by Crippen LogP contribution is -2.49. The van der Waals surface area contributed by atoms with Crippen molar-refractivity contribution in [2.75, 3.05) is 0 Å². The third kappa shape index (κ3) is 3.59. The molecular weight excluding hydrogens is 439 g/mol. The molecule has 4 heteroatoms. The van der Waals surface area contributed by atoms with Gasteiger partial charge in [0.15, 0.2) is 0 Å². The van der Waals surface area contributed by atoms with E-state index in [-0.39, 0.29) is 16.3 Å². The van der Waals surface area contributed by atoms with Gasteiger partial charge in [-0.25, -0.2) is 4.39 Å². The van der Waals surface area contributed by atoms with E-state index < -0.39 is 13.9 Å². The Balaban J connectivity index is 1.41. The molecule has 2 fully saturated rings. The molecule has 0 aromatic heterocycles. The van der Waals surface area contributed by atoms with Crippen molar-refractivity contribution < 1.29 is 13.9 Å². The minimum atomic E-state index is -1.86. The van der Waals surface area contributed by atoms with Gasteiger partial charge >= 0.3 is 0 Å². The van der Waals surface area contributed by atoms with E-state index in [2.05, 4.69) is 59.0 Å². The van der Waals surface area contributed by atoms with E-state index in [9.17, 15) is 9.50 Å². The maximum absolute atomic E-state index is 13.6. The van der Waals surface area contributed by atoms with Gasteiger partial charge < -0.3 is 9.53 Å². The Morgan fingerprint density at radius 1 is 1.00 bits per heavy atom. The topological polar surface area (TPSA) is 29.5 Å². The van der Waals surface area contributed by atoms with E-state index in [0.29, 0.717) is 17.8 Å². The standard InChI is InChI=1S/C30H41FO2Si/c1-28(2,3)34(5,6)33-23-12-14-24-20(19-23)7-13-26-25(24)15-17-29(4)27(26)16-18-30(29,32)21-8-10-22(31)11-9-21/h8-12,14,19,25-27,32H,7,13,15-18H2,1-6H3/t25-,26-,27+,29+,30-/m1/s1. The van der Waals surface area contributed by atoms with E-state index in [0.717, 1.165) is 43.4 Å². The van der Waals surface area contributed by atoms with Gasteiger partial charge in [0.25, 0.3) is 0 Å². The predicted molar refractivity (Wildman–Crippen MR) is 139 cm³/mol. The van der Waals surface area contributed by atoms with Gasteiger partial charge in [-0.1, -0.05) is 45.9 Å². The first kappa shape index (κ1) is 24.1. The number of halogens is 1. The van der Waals surface area contributed by atoms with Crippen LogP contribution in [0.1, 0.15) is 82.4 Å². The van der Waals surface area contributed by atoms with Crippen LogP contribution < -0.4 is 4.43 Å². The average Bonchev–Trinajstić information content (AvgIpc) is 3.04. The van der Waals surface area contributed by atoms with Gasteiger partial charge in [0.1, 0.15) is 11.6 Å². The molecule has 0 spiro atoms. The minimum absolute atomic E-state index is 0.158. The molecule has 0 heterocycles. The molecule has 0 bridgehead atoms. The number of fused-ring (bicyclic) bond motifs is 5. The number of aliphatic hydroxyl groups is 1. The fraction of sp³-hybridized carbons (Fsp3) is 0.600. The van der Waals surface area contributed by atoms with Crippen LogP contribution in [-0.2, 0) is 12.0 Å². The summed E-state index contributed by atoms with van der Waals surface area (Å²) in [6, 6.07) is 13.5. The minimum Gasteiger partial charge on any atom is -0.543 e. The number of rotatable bonds is 3. The maximum Gasteiger partial charge on any atom is 0.250 e. The summed E-state index contributed by atoms with van der Waals surface area (Å²) in [5.41, 5.74) is 2.85. The van der Waals surface area contributed by atoms with Gasteiger partial charge in [-0.05, 0) is 115 Å². The first-order valence-corrected chi connectivity index (χ1v) is 16.1. The van der Waals surface area contributed by atoms with Crippen molar-refractivity contribution in [1.82, 2.24) is 0 Å². The molecule has 2 nitrogen and oxygen atoms in total. The molecule has 0 unspecified atom stereocenters. The van der Waals surface area contributed by atoms with Gasteiger partial charge in [-0.15, -0.1) is 0 Å². The van der Waals surface area contributed by atoms with E-state index >= 15 is 0 Å². The van der Waals surface area contributed by atoms with Gasteiger partial charge in [-0.3, -0.25) is 0 Å². The highest BCUT2D eigenvalue weighted by Gasteiger charge is 2.62. The zero-order valence-electron chi connectivity index (χ0n) is 21.7. The third-order valence-electron chi connectivity index (χ3n) is 10.4. The van der Waals surface area contributed by atoms with Gasteiger partial charge in [0.05, 0.1) is 5.60 Å². The van der Waals surface area contributed by atoms with Crippen molar-refractivity contribution in [3.63, 3.8) is 0 Å². The zero-order chi connectivity index (χ0) is 24.5. The Labute approximate surface area is 206 Å². The van der Waals surface area contributed by atoms with Crippen LogP contribution >= 0.6 is 0 Å². The van der Waals surface area contributed by atoms with Crippen LogP contribution in [0.15, 0.2) is 42.5 Å². The molecule has 0 radical (unpaired) electrons. The van der Waals surface area contributed by atoms with Crippen LogP contribution in [0.2, 0.25) is 18.1 Å². The Morgan fingerprint density at radius 3 is 2.38 bits per heavy atom. The summed E-state index contributed by atoms with van der Waals surface area (Å²) < 4.78 is 20.2. The highest BCUT2D eigenvalue weighted by molar-refractivity contribution is 6.74. The molecule has 5 atom stereocenters. The highest BCUT2D eigenvalue weighted by Crippen LogP contribution is 2.67. The summed E-state index contributed by atoms with van der Waals surface area (Å²) in [6.07, 6.45) is 6.21. The smallest absolute Gasteiger partial charge is 0.250 e. The molecule has 0 aliphatic heterocycles. The van der Waals surface area contributed by atoms with Crippen molar-refractivity contribution in [1.29, 1.82) is 0 Å². The monoisotopic (exact) mass is 480 g/mol. The lowest BCUT2D eigenvalue weighted by Gasteiger charge is -2.53. The molecule has 3 aliphatic carbocycles. The molecular formula is C30H41FO2Si. The molecule has 0 amide bonds. The average molecular weight is 481 g/mol. The molecule has 2 aromatic rings. The van der Waals surface area contributed by atoms with E-state index in [4.69, 9.17) is 4.43 Å². The summed E-state index contributed by atoms with van der Waals surface area (Å²) in [7, 11) is -1.86. The fourth-order valence-electron chi connectivity index (χ4n) is 7.29. The number of hydrogen-bond donors (Lipinski definition) is 1. The second kappa shape index (κ2) is 7.93. The molecule has 0 saturated heterocycles. The second-order valence-corrected chi connectivity index (χ2v) is 17.7.